The van der Waals surface area contributed by atoms with Gasteiger partial charge in [-0.25, -0.2) is 9.59 Å². The van der Waals surface area contributed by atoms with Crippen molar-refractivity contribution in [2.24, 2.45) is 0 Å². The zero-order valence-corrected chi connectivity index (χ0v) is 9.51. The fourth-order valence-electron chi connectivity index (χ4n) is 2.02. The van der Waals surface area contributed by atoms with Crippen LogP contribution in [0, 0.1) is 0 Å². The minimum absolute atomic E-state index is 0.202. The number of carbonyl (C=O) groups excluding carboxylic acids is 2. The van der Waals surface area contributed by atoms with E-state index >= 15 is 0 Å². The first-order valence-electron chi connectivity index (χ1n) is 4.69. The van der Waals surface area contributed by atoms with Crippen LogP contribution >= 0.6 is 0 Å². The normalized spacial score (nSPS) is 31.4. The topological polar surface area (TPSA) is 150 Å². The Kier molecular flexibility index (Phi) is 2.57. The summed E-state index contributed by atoms with van der Waals surface area (Å²) in [5.41, 5.74) is -3.04. The molecule has 11 heteroatoms. The molecule has 2 amide bonds. The zero-order valence-electron chi connectivity index (χ0n) is 8.69. The van der Waals surface area contributed by atoms with E-state index in [1.54, 1.807) is 0 Å². The SMILES string of the molecule is O=C1N[C@@H]2CC(=O)C(OS(=O)(=O)O)(C(=O)O)N1C2. The summed E-state index contributed by atoms with van der Waals surface area (Å²) in [5, 5.41) is 11.3. The molecule has 0 saturated carbocycles. The third kappa shape index (κ3) is 1.72. The molecule has 18 heavy (non-hydrogen) atoms. The van der Waals surface area contributed by atoms with Gasteiger partial charge in [-0.2, -0.15) is 12.6 Å². The highest BCUT2D eigenvalue weighted by Gasteiger charge is 2.63. The second-order valence-corrected chi connectivity index (χ2v) is 4.87. The number of ketones is 1. The van der Waals surface area contributed by atoms with Gasteiger partial charge in [-0.05, 0) is 0 Å². The number of nitrogens with one attached hydrogen (secondary N) is 1. The molecule has 2 atom stereocenters. The summed E-state index contributed by atoms with van der Waals surface area (Å²) in [6, 6.07) is -1.54. The number of aliphatic carboxylic acids is 1. The van der Waals surface area contributed by atoms with Gasteiger partial charge in [0.1, 0.15) is 0 Å². The van der Waals surface area contributed by atoms with Gasteiger partial charge in [-0.1, -0.05) is 0 Å². The minimum atomic E-state index is -5.23. The summed E-state index contributed by atoms with van der Waals surface area (Å²) in [6.07, 6.45) is -0.399. The van der Waals surface area contributed by atoms with E-state index in [4.69, 9.17) is 9.66 Å². The minimum Gasteiger partial charge on any atom is -0.477 e. The van der Waals surface area contributed by atoms with Crippen molar-refractivity contribution in [2.45, 2.75) is 18.2 Å². The number of nitrogens with zero attached hydrogens (tertiary/aromatic N) is 1. The van der Waals surface area contributed by atoms with Crippen LogP contribution in [0.5, 0.6) is 0 Å². The van der Waals surface area contributed by atoms with Crippen LogP contribution in [-0.4, -0.2) is 59.1 Å². The number of carboxylic acid groups (broad SMARTS) is 1. The Labute approximate surface area is 100 Å². The van der Waals surface area contributed by atoms with Crippen molar-refractivity contribution in [1.29, 1.82) is 0 Å². The van der Waals surface area contributed by atoms with Crippen LogP contribution in [-0.2, 0) is 24.2 Å². The average Bonchev–Trinajstić information content (AvgIpc) is 2.49. The maximum Gasteiger partial charge on any atom is 0.400 e. The van der Waals surface area contributed by atoms with E-state index in [0.717, 1.165) is 0 Å². The van der Waals surface area contributed by atoms with Gasteiger partial charge in [0.15, 0.2) is 0 Å². The molecule has 0 aromatic carbocycles. The highest BCUT2D eigenvalue weighted by atomic mass is 32.3. The molecule has 2 bridgehead atoms. The molecule has 2 rings (SSSR count). The monoisotopic (exact) mass is 280 g/mol. The van der Waals surface area contributed by atoms with Crippen molar-refractivity contribution in [3.05, 3.63) is 0 Å². The molecule has 0 radical (unpaired) electrons. The van der Waals surface area contributed by atoms with E-state index in [2.05, 4.69) is 9.50 Å². The molecular formula is C7H8N2O8S. The van der Waals surface area contributed by atoms with Gasteiger partial charge < -0.3 is 10.4 Å². The standard InChI is InChI=1S/C7H8N2O8S/c10-4-1-3-2-9(6(13)8-3)7(4,5(11)12)17-18(14,15)16/h3H,1-2H2,(H,8,13)(H,11,12)(H,14,15,16)/t3-,7?/m1/s1. The lowest BCUT2D eigenvalue weighted by molar-refractivity contribution is -0.179. The fraction of sp³-hybridized carbons (Fsp3) is 0.571. The summed E-state index contributed by atoms with van der Waals surface area (Å²) in [7, 11) is -5.23. The average molecular weight is 280 g/mol. The highest BCUT2D eigenvalue weighted by Crippen LogP contribution is 2.32. The molecular weight excluding hydrogens is 272 g/mol. The number of amides is 2. The van der Waals surface area contributed by atoms with Crippen LogP contribution in [0.25, 0.3) is 0 Å². The van der Waals surface area contributed by atoms with Gasteiger partial charge in [-0.15, -0.1) is 0 Å². The number of Topliss-reactive ketones (excluding diaryl/α,β-unsaturated/α-hetero) is 1. The number of piperidine rings is 1. The Morgan fingerprint density at radius 2 is 2.11 bits per heavy atom. The van der Waals surface area contributed by atoms with Crippen molar-refractivity contribution in [3.8, 4) is 0 Å². The molecule has 2 saturated heterocycles. The van der Waals surface area contributed by atoms with E-state index in [1.165, 1.54) is 0 Å². The maximum atomic E-state index is 11.7. The Bertz CT molecular complexity index is 542. The molecule has 100 valence electrons. The molecule has 1 unspecified atom stereocenters. The lowest BCUT2D eigenvalue weighted by Crippen LogP contribution is -2.65. The number of carbonyl (C=O) groups is 3. The van der Waals surface area contributed by atoms with Crippen LogP contribution < -0.4 is 5.32 Å². The summed E-state index contributed by atoms with van der Waals surface area (Å²) < 4.78 is 34.0. The summed E-state index contributed by atoms with van der Waals surface area (Å²) >= 11 is 0. The quantitative estimate of drug-likeness (QED) is 0.395. The number of fused-ring (bicyclic) bond motifs is 2. The van der Waals surface area contributed by atoms with E-state index < -0.39 is 46.4 Å². The largest absolute Gasteiger partial charge is 0.477 e. The lowest BCUT2D eigenvalue weighted by atomic mass is 9.96. The molecule has 0 aromatic rings. The first-order chi connectivity index (χ1) is 8.17. The van der Waals surface area contributed by atoms with E-state index in [-0.39, 0.29) is 6.54 Å². The number of hydrogen-bond donors (Lipinski definition) is 3. The molecule has 0 aromatic heterocycles. The predicted molar refractivity (Wildman–Crippen MR) is 51.7 cm³/mol. The van der Waals surface area contributed by atoms with Crippen molar-refractivity contribution in [1.82, 2.24) is 10.2 Å². The Hall–Kier alpha value is -1.72. The molecule has 2 fully saturated rings. The van der Waals surface area contributed by atoms with E-state index in [0.29, 0.717) is 4.90 Å². The highest BCUT2D eigenvalue weighted by molar-refractivity contribution is 7.81. The number of hydrogen-bond acceptors (Lipinski definition) is 6. The molecule has 2 aliphatic rings. The summed E-state index contributed by atoms with van der Waals surface area (Å²) in [4.78, 5) is 34.8. The van der Waals surface area contributed by atoms with Gasteiger partial charge in [0.25, 0.3) is 0 Å². The molecule has 0 aliphatic carbocycles. The molecule has 2 aliphatic heterocycles. The summed E-state index contributed by atoms with van der Waals surface area (Å²) in [5.74, 6) is -3.12. The zero-order chi connectivity index (χ0) is 13.7. The van der Waals surface area contributed by atoms with Crippen LogP contribution in [0.4, 0.5) is 4.79 Å². The predicted octanol–water partition coefficient (Wildman–Crippen LogP) is -2.05. The summed E-state index contributed by atoms with van der Waals surface area (Å²) in [6.45, 7) is -0.202. The molecule has 0 spiro atoms. The Morgan fingerprint density at radius 3 is 2.61 bits per heavy atom. The second-order valence-electron chi connectivity index (χ2n) is 3.84. The smallest absolute Gasteiger partial charge is 0.400 e. The van der Waals surface area contributed by atoms with Gasteiger partial charge in [-0.3, -0.25) is 14.2 Å². The third-order valence-corrected chi connectivity index (χ3v) is 3.13. The Balaban J connectivity index is 2.54. The second kappa shape index (κ2) is 3.63. The Morgan fingerprint density at radius 1 is 1.50 bits per heavy atom. The first kappa shape index (κ1) is 12.7. The van der Waals surface area contributed by atoms with Crippen LogP contribution in [0.2, 0.25) is 0 Å². The van der Waals surface area contributed by atoms with Gasteiger partial charge in [0.05, 0.1) is 6.04 Å². The number of carboxylic acids is 1. The molecule has 3 N–H and O–H groups in total. The van der Waals surface area contributed by atoms with Crippen molar-refractivity contribution < 1.29 is 36.6 Å². The van der Waals surface area contributed by atoms with E-state index in [1.807, 2.05) is 0 Å². The van der Waals surface area contributed by atoms with Crippen LogP contribution in [0.15, 0.2) is 0 Å². The number of urea groups is 1. The van der Waals surface area contributed by atoms with Crippen molar-refractivity contribution >= 4 is 28.2 Å². The van der Waals surface area contributed by atoms with Crippen molar-refractivity contribution in [2.75, 3.05) is 6.54 Å². The van der Waals surface area contributed by atoms with Gasteiger partial charge >= 0.3 is 28.1 Å². The van der Waals surface area contributed by atoms with Crippen LogP contribution in [0.1, 0.15) is 6.42 Å². The molecule has 10 nitrogen and oxygen atoms in total. The van der Waals surface area contributed by atoms with Crippen LogP contribution in [0.3, 0.4) is 0 Å². The fourth-order valence-corrected chi connectivity index (χ4v) is 2.57. The first-order valence-corrected chi connectivity index (χ1v) is 6.06. The van der Waals surface area contributed by atoms with Crippen molar-refractivity contribution in [3.63, 3.8) is 0 Å². The lowest BCUT2D eigenvalue weighted by Gasteiger charge is -2.36. The molecule has 2 heterocycles. The van der Waals surface area contributed by atoms with E-state index in [9.17, 15) is 22.8 Å². The van der Waals surface area contributed by atoms with Gasteiger partial charge in [0, 0.05) is 13.0 Å². The number of rotatable bonds is 3. The van der Waals surface area contributed by atoms with Gasteiger partial charge in [0.2, 0.25) is 5.78 Å². The maximum absolute atomic E-state index is 11.7. The third-order valence-electron chi connectivity index (χ3n) is 2.68.